The highest BCUT2D eigenvalue weighted by Crippen LogP contribution is 2.34. The van der Waals surface area contributed by atoms with Gasteiger partial charge in [-0.2, -0.15) is 10.1 Å². The van der Waals surface area contributed by atoms with Gasteiger partial charge in [0.15, 0.2) is 0 Å². The molecule has 5 rings (SSSR count). The molecule has 6 nitrogen and oxygen atoms in total. The van der Waals surface area contributed by atoms with Crippen molar-refractivity contribution in [1.82, 2.24) is 5.32 Å². The van der Waals surface area contributed by atoms with E-state index in [0.717, 1.165) is 21.9 Å². The van der Waals surface area contributed by atoms with Crippen molar-refractivity contribution in [3.05, 3.63) is 108 Å². The zero-order valence-corrected chi connectivity index (χ0v) is 18.9. The first kappa shape index (κ1) is 21.4. The summed E-state index contributed by atoms with van der Waals surface area (Å²) in [5, 5.41) is 14.4. The summed E-state index contributed by atoms with van der Waals surface area (Å²) in [5.41, 5.74) is 2.01. The van der Waals surface area contributed by atoms with E-state index in [4.69, 9.17) is 5.10 Å². The van der Waals surface area contributed by atoms with Gasteiger partial charge >= 0.3 is 5.91 Å². The van der Waals surface area contributed by atoms with Gasteiger partial charge in [0.05, 0.1) is 5.69 Å². The molecule has 0 aliphatic carbocycles. The first-order chi connectivity index (χ1) is 16.5. The average molecular weight is 449 g/mol. The Balaban J connectivity index is 1.78. The first-order valence-corrected chi connectivity index (χ1v) is 11.1. The van der Waals surface area contributed by atoms with Crippen molar-refractivity contribution in [3.63, 3.8) is 0 Å². The number of nitrogens with one attached hydrogen (secondary N) is 2. The van der Waals surface area contributed by atoms with Gasteiger partial charge in [-0.1, -0.05) is 72.8 Å². The number of para-hydroxylation sites is 2. The van der Waals surface area contributed by atoms with Crippen LogP contribution in [0.1, 0.15) is 18.1 Å². The molecule has 0 bridgehead atoms. The molecule has 0 saturated carbocycles. The molecule has 1 atom stereocenters. The molecule has 1 aliphatic heterocycles. The van der Waals surface area contributed by atoms with Gasteiger partial charge in [0.25, 0.3) is 0 Å². The Hall–Kier alpha value is -4.45. The van der Waals surface area contributed by atoms with Crippen LogP contribution >= 0.6 is 0 Å². The van der Waals surface area contributed by atoms with Gasteiger partial charge in [-0.3, -0.25) is 9.59 Å². The van der Waals surface area contributed by atoms with E-state index in [9.17, 15) is 9.59 Å². The lowest BCUT2D eigenvalue weighted by molar-refractivity contribution is -0.127. The number of fused-ring (bicyclic) bond motifs is 1. The molecule has 168 valence electrons. The van der Waals surface area contributed by atoms with E-state index >= 15 is 0 Å². The summed E-state index contributed by atoms with van der Waals surface area (Å²) in [4.78, 5) is 26.6. The molecular formula is C28H24N4O2. The van der Waals surface area contributed by atoms with E-state index in [1.54, 1.807) is 0 Å². The number of carbonyl (C=O) groups excluding carboxylic acids is 2. The molecule has 0 fully saturated rings. The zero-order chi connectivity index (χ0) is 23.7. The first-order valence-electron chi connectivity index (χ1n) is 11.1. The van der Waals surface area contributed by atoms with Crippen molar-refractivity contribution in [2.45, 2.75) is 19.5 Å². The number of nitrogens with zero attached hydrogens (tertiary/aromatic N) is 2. The Morgan fingerprint density at radius 3 is 2.12 bits per heavy atom. The van der Waals surface area contributed by atoms with E-state index in [1.165, 1.54) is 11.9 Å². The third-order valence-corrected chi connectivity index (χ3v) is 5.94. The average Bonchev–Trinajstić information content (AvgIpc) is 3.12. The second-order valence-corrected chi connectivity index (χ2v) is 8.30. The number of amides is 2. The molecule has 1 unspecified atom stereocenters. The van der Waals surface area contributed by atoms with E-state index in [-0.39, 0.29) is 5.91 Å². The van der Waals surface area contributed by atoms with Crippen LogP contribution in [0, 0.1) is 6.92 Å². The third kappa shape index (κ3) is 3.59. The summed E-state index contributed by atoms with van der Waals surface area (Å²) >= 11 is 0. The summed E-state index contributed by atoms with van der Waals surface area (Å²) < 4.78 is 0. The van der Waals surface area contributed by atoms with E-state index in [0.29, 0.717) is 17.1 Å². The zero-order valence-electron chi connectivity index (χ0n) is 18.9. The normalized spacial score (nSPS) is 17.5. The maximum atomic E-state index is 14.1. The van der Waals surface area contributed by atoms with Crippen LogP contribution in [0.5, 0.6) is 0 Å². The van der Waals surface area contributed by atoms with Gasteiger partial charge in [-0.05, 0) is 47.5 Å². The van der Waals surface area contributed by atoms with Gasteiger partial charge in [0.1, 0.15) is 5.71 Å². The fourth-order valence-electron chi connectivity index (χ4n) is 4.40. The second kappa shape index (κ2) is 8.48. The van der Waals surface area contributed by atoms with E-state index in [2.05, 4.69) is 10.6 Å². The summed E-state index contributed by atoms with van der Waals surface area (Å²) in [7, 11) is 0. The number of anilines is 2. The van der Waals surface area contributed by atoms with Crippen LogP contribution in [0.15, 0.2) is 102 Å². The molecule has 1 aliphatic rings. The van der Waals surface area contributed by atoms with Crippen LogP contribution in [0.4, 0.5) is 11.4 Å². The standard InChI is InChI=1S/C28H24N4O2/c1-19-17-18-25(24-16-10-9-15-23(19)24)26-28(29-20(2)33,30-21-11-5-3-6-12-21)27(34)32(31-26)22-13-7-4-8-14-22/h3-18,30H,1-2H3,(H,29,33). The van der Waals surface area contributed by atoms with Crippen LogP contribution in [0.3, 0.4) is 0 Å². The highest BCUT2D eigenvalue weighted by Gasteiger charge is 2.53. The van der Waals surface area contributed by atoms with Crippen LogP contribution < -0.4 is 15.6 Å². The van der Waals surface area contributed by atoms with Gasteiger partial charge < -0.3 is 10.6 Å². The number of benzene rings is 4. The minimum Gasteiger partial charge on any atom is -0.350 e. The molecule has 0 saturated heterocycles. The number of rotatable bonds is 5. The predicted octanol–water partition coefficient (Wildman–Crippen LogP) is 4.84. The summed E-state index contributed by atoms with van der Waals surface area (Å²) in [6.07, 6.45) is 0. The van der Waals surface area contributed by atoms with Crippen LogP contribution in [0.2, 0.25) is 0 Å². The maximum Gasteiger partial charge on any atom is 0.300 e. The Bertz CT molecular complexity index is 1420. The minimum atomic E-state index is -1.60. The topological polar surface area (TPSA) is 73.8 Å². The van der Waals surface area contributed by atoms with Gasteiger partial charge in [-0.25, -0.2) is 0 Å². The summed E-state index contributed by atoms with van der Waals surface area (Å²) in [6.45, 7) is 3.45. The second-order valence-electron chi connectivity index (χ2n) is 8.30. The Morgan fingerprint density at radius 2 is 1.44 bits per heavy atom. The fourth-order valence-corrected chi connectivity index (χ4v) is 4.40. The van der Waals surface area contributed by atoms with Crippen molar-refractivity contribution < 1.29 is 9.59 Å². The smallest absolute Gasteiger partial charge is 0.300 e. The molecular weight excluding hydrogens is 424 g/mol. The van der Waals surface area contributed by atoms with E-state index < -0.39 is 11.6 Å². The molecule has 34 heavy (non-hydrogen) atoms. The highest BCUT2D eigenvalue weighted by molar-refractivity contribution is 6.33. The van der Waals surface area contributed by atoms with Crippen LogP contribution in [-0.4, -0.2) is 23.2 Å². The predicted molar refractivity (Wildman–Crippen MR) is 136 cm³/mol. The van der Waals surface area contributed by atoms with Gasteiger partial charge in [0, 0.05) is 18.2 Å². The van der Waals surface area contributed by atoms with Crippen molar-refractivity contribution in [3.8, 4) is 0 Å². The number of aryl methyl sites for hydroxylation is 1. The van der Waals surface area contributed by atoms with Crippen LogP contribution in [-0.2, 0) is 9.59 Å². The lowest BCUT2D eigenvalue weighted by Gasteiger charge is -2.32. The maximum absolute atomic E-state index is 14.1. The molecule has 4 aromatic rings. The fraction of sp³-hybridized carbons (Fsp3) is 0.107. The largest absolute Gasteiger partial charge is 0.350 e. The summed E-state index contributed by atoms with van der Waals surface area (Å²) in [6, 6.07) is 30.5. The number of carbonyl (C=O) groups is 2. The lowest BCUT2D eigenvalue weighted by atomic mass is 9.90. The van der Waals surface area contributed by atoms with Crippen LogP contribution in [0.25, 0.3) is 10.8 Å². The Morgan fingerprint density at radius 1 is 0.824 bits per heavy atom. The highest BCUT2D eigenvalue weighted by atomic mass is 16.2. The molecule has 0 aromatic heterocycles. The SMILES string of the molecule is CC(=O)NC1(Nc2ccccc2)C(=O)N(c2ccccc2)N=C1c1ccc(C)c2ccccc12. The van der Waals surface area contributed by atoms with Crippen molar-refractivity contribution in [1.29, 1.82) is 0 Å². The monoisotopic (exact) mass is 448 g/mol. The minimum absolute atomic E-state index is 0.351. The molecule has 0 radical (unpaired) electrons. The van der Waals surface area contributed by atoms with E-state index in [1.807, 2.05) is 104 Å². The van der Waals surface area contributed by atoms with Crippen molar-refractivity contribution in [2.24, 2.45) is 5.10 Å². The van der Waals surface area contributed by atoms with Crippen molar-refractivity contribution in [2.75, 3.05) is 10.3 Å². The Labute approximate surface area is 197 Å². The molecule has 1 heterocycles. The van der Waals surface area contributed by atoms with Crippen molar-refractivity contribution >= 4 is 39.7 Å². The quantitative estimate of drug-likeness (QED) is 0.429. The lowest BCUT2D eigenvalue weighted by Crippen LogP contribution is -2.64. The summed E-state index contributed by atoms with van der Waals surface area (Å²) in [5.74, 6) is -0.742. The number of hydrogen-bond donors (Lipinski definition) is 2. The number of hydrazone groups is 1. The van der Waals surface area contributed by atoms with Gasteiger partial charge in [0.2, 0.25) is 11.6 Å². The third-order valence-electron chi connectivity index (χ3n) is 5.94. The Kier molecular flexibility index (Phi) is 5.34. The molecule has 2 N–H and O–H groups in total. The molecule has 4 aromatic carbocycles. The molecule has 6 heteroatoms. The molecule has 2 amide bonds. The van der Waals surface area contributed by atoms with Gasteiger partial charge in [-0.15, -0.1) is 0 Å². The number of hydrogen-bond acceptors (Lipinski definition) is 4. The molecule has 0 spiro atoms.